The Hall–Kier alpha value is -2.19. The predicted octanol–water partition coefficient (Wildman–Crippen LogP) is 2.27. The maximum absolute atomic E-state index is 12.4. The number of amides is 2. The van der Waals surface area contributed by atoms with Crippen molar-refractivity contribution in [2.24, 2.45) is 0 Å². The Kier molecular flexibility index (Phi) is 4.18. The molecule has 2 amide bonds. The fraction of sp³-hybridized carbons (Fsp3) is 0.533. The third-order valence-electron chi connectivity index (χ3n) is 4.30. The molecule has 2 aliphatic heterocycles. The van der Waals surface area contributed by atoms with Crippen molar-refractivity contribution in [3.8, 4) is 0 Å². The molecule has 23 heavy (non-hydrogen) atoms. The maximum Gasteiger partial charge on any atom is 0.321 e. The second-order valence-corrected chi connectivity index (χ2v) is 5.78. The summed E-state index contributed by atoms with van der Waals surface area (Å²) in [5.74, 6) is -0.530. The average Bonchev–Trinajstić information content (AvgIpc) is 2.98. The molecule has 124 valence electrons. The van der Waals surface area contributed by atoms with Crippen LogP contribution in [0.2, 0.25) is 0 Å². The topological polar surface area (TPSA) is 93.9 Å². The van der Waals surface area contributed by atoms with Crippen molar-refractivity contribution in [1.29, 1.82) is 0 Å². The highest BCUT2D eigenvalue weighted by Crippen LogP contribution is 2.31. The van der Waals surface area contributed by atoms with Gasteiger partial charge >= 0.3 is 6.03 Å². The smallest absolute Gasteiger partial charge is 0.321 e. The Labute approximate surface area is 133 Å². The minimum atomic E-state index is -0.530. The predicted molar refractivity (Wildman–Crippen MR) is 82.3 cm³/mol. The van der Waals surface area contributed by atoms with Crippen LogP contribution >= 0.6 is 0 Å². The minimum absolute atomic E-state index is 0.0451. The second kappa shape index (κ2) is 6.13. The quantitative estimate of drug-likeness (QED) is 0.666. The van der Waals surface area contributed by atoms with Gasteiger partial charge in [-0.2, -0.15) is 0 Å². The summed E-state index contributed by atoms with van der Waals surface area (Å²) in [6, 6.07) is 4.16. The molecule has 1 aromatic carbocycles. The first-order chi connectivity index (χ1) is 11.0. The van der Waals surface area contributed by atoms with Crippen LogP contribution < -0.4 is 5.32 Å². The first kappa shape index (κ1) is 15.7. The normalized spacial score (nSPS) is 19.8. The van der Waals surface area contributed by atoms with Gasteiger partial charge in [-0.1, -0.05) is 6.07 Å². The van der Waals surface area contributed by atoms with Gasteiger partial charge in [0.2, 0.25) is 0 Å². The van der Waals surface area contributed by atoms with Crippen LogP contribution in [0, 0.1) is 17.0 Å². The van der Waals surface area contributed by atoms with Gasteiger partial charge in [0.15, 0.2) is 5.79 Å². The van der Waals surface area contributed by atoms with E-state index in [4.69, 9.17) is 9.47 Å². The van der Waals surface area contributed by atoms with Gasteiger partial charge < -0.3 is 19.7 Å². The molecule has 1 spiro atoms. The summed E-state index contributed by atoms with van der Waals surface area (Å²) in [6.07, 6.45) is 1.27. The lowest BCUT2D eigenvalue weighted by atomic mass is 10.0. The third-order valence-corrected chi connectivity index (χ3v) is 4.30. The molecule has 2 saturated heterocycles. The molecule has 1 aromatic rings. The van der Waals surface area contributed by atoms with Crippen molar-refractivity contribution in [3.05, 3.63) is 33.9 Å². The molecular formula is C15H19N3O5. The largest absolute Gasteiger partial charge is 0.347 e. The van der Waals surface area contributed by atoms with Crippen molar-refractivity contribution >= 4 is 17.4 Å². The van der Waals surface area contributed by atoms with Gasteiger partial charge in [0, 0.05) is 38.1 Å². The molecule has 8 heteroatoms. The van der Waals surface area contributed by atoms with E-state index in [2.05, 4.69) is 5.32 Å². The number of carbonyl (C=O) groups excluding carboxylic acids is 1. The minimum Gasteiger partial charge on any atom is -0.347 e. The van der Waals surface area contributed by atoms with Crippen LogP contribution in [0.4, 0.5) is 16.2 Å². The van der Waals surface area contributed by atoms with E-state index in [1.807, 2.05) is 0 Å². The van der Waals surface area contributed by atoms with Crippen LogP contribution in [0.3, 0.4) is 0 Å². The lowest BCUT2D eigenvalue weighted by Gasteiger charge is -2.37. The van der Waals surface area contributed by atoms with E-state index in [1.165, 1.54) is 12.1 Å². The van der Waals surface area contributed by atoms with E-state index in [9.17, 15) is 14.9 Å². The molecule has 0 aromatic heterocycles. The third kappa shape index (κ3) is 3.27. The van der Waals surface area contributed by atoms with Gasteiger partial charge in [-0.05, 0) is 12.5 Å². The highest BCUT2D eigenvalue weighted by atomic mass is 16.7. The Morgan fingerprint density at radius 1 is 1.30 bits per heavy atom. The first-order valence-corrected chi connectivity index (χ1v) is 7.58. The molecule has 2 fully saturated rings. The summed E-state index contributed by atoms with van der Waals surface area (Å²) in [4.78, 5) is 24.4. The standard InChI is InChI=1S/C15H19N3O5/c1-11-2-3-12(18(20)21)10-13(11)16-14(19)17-6-4-15(5-7-17)22-8-9-23-15/h2-3,10H,4-9H2,1H3,(H,16,19). The highest BCUT2D eigenvalue weighted by molar-refractivity contribution is 5.90. The van der Waals surface area contributed by atoms with Crippen LogP contribution in [0.1, 0.15) is 18.4 Å². The van der Waals surface area contributed by atoms with Crippen LogP contribution in [-0.4, -0.2) is 47.9 Å². The van der Waals surface area contributed by atoms with Gasteiger partial charge in [-0.3, -0.25) is 10.1 Å². The van der Waals surface area contributed by atoms with Crippen LogP contribution in [0.25, 0.3) is 0 Å². The molecule has 8 nitrogen and oxygen atoms in total. The van der Waals surface area contributed by atoms with E-state index < -0.39 is 10.7 Å². The van der Waals surface area contributed by atoms with Gasteiger partial charge in [0.1, 0.15) is 0 Å². The van der Waals surface area contributed by atoms with Gasteiger partial charge in [0.25, 0.3) is 5.69 Å². The molecule has 0 radical (unpaired) electrons. The Morgan fingerprint density at radius 3 is 2.57 bits per heavy atom. The van der Waals surface area contributed by atoms with E-state index in [0.29, 0.717) is 44.8 Å². The van der Waals surface area contributed by atoms with Crippen LogP contribution in [0.15, 0.2) is 18.2 Å². The van der Waals surface area contributed by atoms with Crippen LogP contribution in [0.5, 0.6) is 0 Å². The number of rotatable bonds is 2. The first-order valence-electron chi connectivity index (χ1n) is 7.58. The number of anilines is 1. The molecule has 2 heterocycles. The molecule has 2 aliphatic rings. The monoisotopic (exact) mass is 321 g/mol. The van der Waals surface area contributed by atoms with E-state index in [1.54, 1.807) is 17.9 Å². The fourth-order valence-corrected chi connectivity index (χ4v) is 2.89. The zero-order valence-corrected chi connectivity index (χ0v) is 12.9. The van der Waals surface area contributed by atoms with Crippen molar-refractivity contribution < 1.29 is 19.2 Å². The van der Waals surface area contributed by atoms with Gasteiger partial charge in [-0.25, -0.2) is 4.79 Å². The van der Waals surface area contributed by atoms with E-state index in [-0.39, 0.29) is 11.7 Å². The number of ether oxygens (including phenoxy) is 2. The summed E-state index contributed by atoms with van der Waals surface area (Å²) < 4.78 is 11.3. The molecule has 3 rings (SSSR count). The fourth-order valence-electron chi connectivity index (χ4n) is 2.89. The number of benzene rings is 1. The number of urea groups is 1. The molecule has 0 atom stereocenters. The van der Waals surface area contributed by atoms with Gasteiger partial charge in [0.05, 0.1) is 23.8 Å². The summed E-state index contributed by atoms with van der Waals surface area (Å²) in [5, 5.41) is 13.6. The van der Waals surface area contributed by atoms with Crippen LogP contribution in [-0.2, 0) is 9.47 Å². The summed E-state index contributed by atoms with van der Waals surface area (Å²) in [7, 11) is 0. The summed E-state index contributed by atoms with van der Waals surface area (Å²) in [5.41, 5.74) is 1.19. The van der Waals surface area contributed by atoms with Crippen molar-refractivity contribution in [2.45, 2.75) is 25.6 Å². The van der Waals surface area contributed by atoms with E-state index in [0.717, 1.165) is 5.56 Å². The number of nitro benzene ring substituents is 1. The zero-order chi connectivity index (χ0) is 16.4. The average molecular weight is 321 g/mol. The van der Waals surface area contributed by atoms with Gasteiger partial charge in [-0.15, -0.1) is 0 Å². The number of nitro groups is 1. The Morgan fingerprint density at radius 2 is 1.96 bits per heavy atom. The molecule has 0 bridgehead atoms. The Balaban J connectivity index is 1.63. The number of nitrogens with zero attached hydrogens (tertiary/aromatic N) is 2. The number of hydrogen-bond acceptors (Lipinski definition) is 5. The molecule has 1 N–H and O–H groups in total. The second-order valence-electron chi connectivity index (χ2n) is 5.78. The number of likely N-dealkylation sites (tertiary alicyclic amines) is 1. The molecular weight excluding hydrogens is 302 g/mol. The number of aryl methyl sites for hydroxylation is 1. The number of carbonyl (C=O) groups is 1. The Bertz CT molecular complexity index is 618. The number of piperidine rings is 1. The summed E-state index contributed by atoms with van der Waals surface area (Å²) in [6.45, 7) is 4.04. The highest BCUT2D eigenvalue weighted by Gasteiger charge is 2.40. The number of hydrogen-bond donors (Lipinski definition) is 1. The lowest BCUT2D eigenvalue weighted by Crippen LogP contribution is -2.48. The summed E-state index contributed by atoms with van der Waals surface area (Å²) >= 11 is 0. The maximum atomic E-state index is 12.4. The van der Waals surface area contributed by atoms with E-state index >= 15 is 0 Å². The lowest BCUT2D eigenvalue weighted by molar-refractivity contribution is -0.384. The van der Waals surface area contributed by atoms with Crippen molar-refractivity contribution in [1.82, 2.24) is 4.90 Å². The number of non-ortho nitro benzene ring substituents is 1. The van der Waals surface area contributed by atoms with Crippen molar-refractivity contribution in [2.75, 3.05) is 31.6 Å². The zero-order valence-electron chi connectivity index (χ0n) is 12.9. The number of nitrogens with one attached hydrogen (secondary N) is 1. The molecule has 0 unspecified atom stereocenters. The SMILES string of the molecule is Cc1ccc([N+](=O)[O-])cc1NC(=O)N1CCC2(CC1)OCCO2. The molecule has 0 aliphatic carbocycles. The molecule has 0 saturated carbocycles. The van der Waals surface area contributed by atoms with Crippen molar-refractivity contribution in [3.63, 3.8) is 0 Å².